The fraction of sp³-hybridized carbons (Fsp3) is 0.125. The molecule has 0 saturated carbocycles. The highest BCUT2D eigenvalue weighted by atomic mass is 32.2. The van der Waals surface area contributed by atoms with E-state index in [1.165, 1.54) is 18.3 Å². The van der Waals surface area contributed by atoms with Gasteiger partial charge >= 0.3 is 0 Å². The van der Waals surface area contributed by atoms with E-state index in [0.717, 1.165) is 6.26 Å². The molecule has 0 saturated heterocycles. The predicted molar refractivity (Wildman–Crippen MR) is 54.7 cm³/mol. The van der Waals surface area contributed by atoms with Crippen molar-refractivity contribution in [2.75, 3.05) is 6.26 Å². The van der Waals surface area contributed by atoms with Crippen molar-refractivity contribution in [2.45, 2.75) is 9.92 Å². The van der Waals surface area contributed by atoms with Crippen LogP contribution >= 0.6 is 0 Å². The van der Waals surface area contributed by atoms with Gasteiger partial charge in [0.1, 0.15) is 4.90 Å². The molecule has 0 aliphatic heterocycles. The Balaban J connectivity index is 3.66. The first-order valence-electron chi connectivity index (χ1n) is 3.81. The lowest BCUT2D eigenvalue weighted by molar-refractivity contribution is 0.585. The number of nitrogens with zero attached hydrogens (tertiary/aromatic N) is 1. The fourth-order valence-corrected chi connectivity index (χ4v) is 3.16. The van der Waals surface area contributed by atoms with Gasteiger partial charge in [0, 0.05) is 17.9 Å². The van der Waals surface area contributed by atoms with E-state index in [9.17, 15) is 16.8 Å². The van der Waals surface area contributed by atoms with Crippen LogP contribution in [0.5, 0.6) is 0 Å². The minimum Gasteiger partial charge on any atom is -0.243 e. The molecule has 7 heteroatoms. The summed E-state index contributed by atoms with van der Waals surface area (Å²) in [6.45, 7) is 3.11. The van der Waals surface area contributed by atoms with Crippen molar-refractivity contribution in [3.8, 4) is 0 Å². The summed E-state index contributed by atoms with van der Waals surface area (Å²) in [5.74, 6) is 0. The van der Waals surface area contributed by atoms with Crippen LogP contribution in [-0.4, -0.2) is 28.1 Å². The summed E-state index contributed by atoms with van der Waals surface area (Å²) in [5.41, 5.74) is 0. The molecule has 0 fully saturated rings. The molecule has 0 bridgehead atoms. The largest absolute Gasteiger partial charge is 0.243 e. The van der Waals surface area contributed by atoms with Gasteiger partial charge in [-0.1, -0.05) is 6.58 Å². The van der Waals surface area contributed by atoms with Crippen molar-refractivity contribution in [2.24, 2.45) is 0 Å². The zero-order valence-corrected chi connectivity index (χ0v) is 9.55. The molecule has 5 nitrogen and oxygen atoms in total. The Labute approximate surface area is 88.3 Å². The van der Waals surface area contributed by atoms with Gasteiger partial charge in [-0.25, -0.2) is 21.8 Å². The Morgan fingerprint density at radius 2 is 1.93 bits per heavy atom. The summed E-state index contributed by atoms with van der Waals surface area (Å²) in [4.78, 5) is 3.23. The van der Waals surface area contributed by atoms with Crippen molar-refractivity contribution in [3.05, 3.63) is 30.3 Å². The van der Waals surface area contributed by atoms with Crippen LogP contribution in [0, 0.1) is 0 Å². The van der Waals surface area contributed by atoms with Crippen molar-refractivity contribution in [1.82, 2.24) is 4.98 Å². The lowest BCUT2D eigenvalue weighted by Gasteiger charge is -2.03. The van der Waals surface area contributed by atoms with Crippen molar-refractivity contribution >= 4 is 19.7 Å². The van der Waals surface area contributed by atoms with E-state index in [2.05, 4.69) is 11.6 Å². The van der Waals surface area contributed by atoms with E-state index < -0.39 is 24.7 Å². The molecule has 82 valence electrons. The topological polar surface area (TPSA) is 81.2 Å². The van der Waals surface area contributed by atoms with Gasteiger partial charge in [-0.05, 0) is 12.1 Å². The number of sulfone groups is 2. The molecule has 0 unspecified atom stereocenters. The first-order chi connectivity index (χ1) is 6.79. The zero-order chi connectivity index (χ0) is 11.7. The Kier molecular flexibility index (Phi) is 2.96. The van der Waals surface area contributed by atoms with Gasteiger partial charge in [-0.2, -0.15) is 0 Å². The van der Waals surface area contributed by atoms with Crippen LogP contribution in [0.2, 0.25) is 0 Å². The molecule has 1 rings (SSSR count). The highest BCUT2D eigenvalue weighted by Crippen LogP contribution is 2.19. The third-order valence-corrected chi connectivity index (χ3v) is 4.19. The van der Waals surface area contributed by atoms with Crippen LogP contribution in [0.4, 0.5) is 0 Å². The molecule has 0 N–H and O–H groups in total. The maximum absolute atomic E-state index is 11.4. The number of hydrogen-bond donors (Lipinski definition) is 0. The standard InChI is InChI=1S/C8H9NO4S2/c1-3-15(12,13)8-7(14(2,10)11)5-4-6-9-8/h3-6H,1H2,2H3. The second-order valence-corrected chi connectivity index (χ2v) is 6.58. The zero-order valence-electron chi connectivity index (χ0n) is 7.91. The van der Waals surface area contributed by atoms with Crippen LogP contribution in [0.3, 0.4) is 0 Å². The summed E-state index contributed by atoms with van der Waals surface area (Å²) in [7, 11) is -7.45. The minimum atomic E-state index is -3.84. The van der Waals surface area contributed by atoms with E-state index in [-0.39, 0.29) is 4.90 Å². The fourth-order valence-electron chi connectivity index (χ4n) is 0.951. The Hall–Kier alpha value is -1.21. The SMILES string of the molecule is C=CS(=O)(=O)c1ncccc1S(C)(=O)=O. The lowest BCUT2D eigenvalue weighted by atomic mass is 10.5. The first-order valence-corrected chi connectivity index (χ1v) is 7.25. The molecule has 0 aliphatic carbocycles. The van der Waals surface area contributed by atoms with Crippen LogP contribution in [-0.2, 0) is 19.7 Å². The number of aromatic nitrogens is 1. The van der Waals surface area contributed by atoms with E-state index in [4.69, 9.17) is 0 Å². The Morgan fingerprint density at radius 1 is 1.33 bits per heavy atom. The molecule has 0 atom stereocenters. The average Bonchev–Trinajstić information content (AvgIpc) is 2.16. The van der Waals surface area contributed by atoms with E-state index in [1.54, 1.807) is 0 Å². The van der Waals surface area contributed by atoms with Gasteiger partial charge in [0.2, 0.25) is 9.84 Å². The Morgan fingerprint density at radius 3 is 2.40 bits per heavy atom. The molecular weight excluding hydrogens is 238 g/mol. The molecular formula is C8H9NO4S2. The molecule has 0 radical (unpaired) electrons. The van der Waals surface area contributed by atoms with E-state index in [0.29, 0.717) is 5.41 Å². The summed E-state index contributed by atoms with van der Waals surface area (Å²) < 4.78 is 45.4. The quantitative estimate of drug-likeness (QED) is 0.772. The number of pyridine rings is 1. The molecule has 1 heterocycles. The highest BCUT2D eigenvalue weighted by molar-refractivity contribution is 7.96. The highest BCUT2D eigenvalue weighted by Gasteiger charge is 2.22. The molecule has 0 aliphatic rings. The summed E-state index contributed by atoms with van der Waals surface area (Å²) in [6.07, 6.45) is 2.14. The molecule has 1 aromatic heterocycles. The second kappa shape index (κ2) is 3.74. The third-order valence-electron chi connectivity index (χ3n) is 1.62. The normalized spacial score (nSPS) is 12.3. The smallest absolute Gasteiger partial charge is 0.217 e. The molecule has 0 aromatic carbocycles. The summed E-state index contributed by atoms with van der Waals surface area (Å²) in [5, 5.41) is 0.187. The number of hydrogen-bond acceptors (Lipinski definition) is 5. The first kappa shape index (κ1) is 11.9. The van der Waals surface area contributed by atoms with Crippen LogP contribution in [0.25, 0.3) is 0 Å². The molecule has 15 heavy (non-hydrogen) atoms. The lowest BCUT2D eigenvalue weighted by Crippen LogP contribution is -2.08. The Bertz CT molecular complexity index is 587. The molecule has 1 aromatic rings. The third kappa shape index (κ3) is 2.42. The van der Waals surface area contributed by atoms with Gasteiger partial charge in [0.15, 0.2) is 14.9 Å². The molecule has 0 amide bonds. The van der Waals surface area contributed by atoms with E-state index >= 15 is 0 Å². The number of rotatable bonds is 3. The van der Waals surface area contributed by atoms with Gasteiger partial charge in [0.25, 0.3) is 0 Å². The molecule has 0 spiro atoms. The van der Waals surface area contributed by atoms with Crippen molar-refractivity contribution in [3.63, 3.8) is 0 Å². The maximum atomic E-state index is 11.4. The van der Waals surface area contributed by atoms with Gasteiger partial charge in [-0.3, -0.25) is 0 Å². The summed E-state index contributed by atoms with van der Waals surface area (Å²) in [6, 6.07) is 2.55. The average molecular weight is 247 g/mol. The van der Waals surface area contributed by atoms with Gasteiger partial charge in [-0.15, -0.1) is 0 Å². The van der Waals surface area contributed by atoms with E-state index in [1.807, 2.05) is 0 Å². The predicted octanol–water partition coefficient (Wildman–Crippen LogP) is 0.402. The minimum absolute atomic E-state index is 0.315. The van der Waals surface area contributed by atoms with Crippen LogP contribution in [0.1, 0.15) is 0 Å². The maximum Gasteiger partial charge on any atom is 0.217 e. The summed E-state index contributed by atoms with van der Waals surface area (Å²) >= 11 is 0. The van der Waals surface area contributed by atoms with Crippen LogP contribution < -0.4 is 0 Å². The van der Waals surface area contributed by atoms with Crippen molar-refractivity contribution in [1.29, 1.82) is 0 Å². The van der Waals surface area contributed by atoms with Gasteiger partial charge in [0.05, 0.1) is 0 Å². The van der Waals surface area contributed by atoms with Gasteiger partial charge < -0.3 is 0 Å². The van der Waals surface area contributed by atoms with Crippen LogP contribution in [0.15, 0.2) is 40.2 Å². The second-order valence-electron chi connectivity index (χ2n) is 2.79. The van der Waals surface area contributed by atoms with Crippen molar-refractivity contribution < 1.29 is 16.8 Å². The monoisotopic (exact) mass is 247 g/mol.